The molecule has 0 bridgehead atoms. The average molecular weight is 453 g/mol. The molecule has 1 aliphatic rings. The van der Waals surface area contributed by atoms with Crippen molar-refractivity contribution in [3.63, 3.8) is 0 Å². The van der Waals surface area contributed by atoms with E-state index in [0.717, 1.165) is 36.3 Å². The summed E-state index contributed by atoms with van der Waals surface area (Å²) in [7, 11) is 0. The molecule has 0 atom stereocenters. The first-order valence-electron chi connectivity index (χ1n) is 11.2. The third-order valence-corrected chi connectivity index (χ3v) is 5.65. The minimum atomic E-state index is 0.0767. The van der Waals surface area contributed by atoms with E-state index < -0.39 is 0 Å². The number of rotatable bonds is 7. The Morgan fingerprint density at radius 3 is 2.71 bits per heavy atom. The van der Waals surface area contributed by atoms with Crippen molar-refractivity contribution in [2.45, 2.75) is 25.5 Å². The van der Waals surface area contributed by atoms with E-state index in [0.29, 0.717) is 30.5 Å². The summed E-state index contributed by atoms with van der Waals surface area (Å²) in [6.07, 6.45) is 8.95. The highest BCUT2D eigenvalue weighted by atomic mass is 16.5. The van der Waals surface area contributed by atoms with Crippen molar-refractivity contribution in [3.8, 4) is 23.1 Å². The predicted molar refractivity (Wildman–Crippen MR) is 128 cm³/mol. The van der Waals surface area contributed by atoms with Crippen molar-refractivity contribution in [2.24, 2.45) is 0 Å². The predicted octanol–water partition coefficient (Wildman–Crippen LogP) is 4.56. The second-order valence-corrected chi connectivity index (χ2v) is 8.07. The molecule has 2 aromatic heterocycles. The number of nitriles is 1. The van der Waals surface area contributed by atoms with Crippen LogP contribution in [0.3, 0.4) is 0 Å². The van der Waals surface area contributed by atoms with Crippen LogP contribution in [-0.4, -0.2) is 38.8 Å². The molecule has 170 valence electrons. The van der Waals surface area contributed by atoms with E-state index in [1.807, 2.05) is 47.2 Å². The molecule has 34 heavy (non-hydrogen) atoms. The van der Waals surface area contributed by atoms with Gasteiger partial charge in [-0.2, -0.15) is 5.26 Å². The average Bonchev–Trinajstić information content (AvgIpc) is 3.39. The topological polar surface area (TPSA) is 97.9 Å². The third kappa shape index (κ3) is 5.22. The van der Waals surface area contributed by atoms with Crippen LogP contribution in [0.5, 0.6) is 5.75 Å². The maximum absolute atomic E-state index is 9.67. The Hall–Kier alpha value is -4.22. The van der Waals surface area contributed by atoms with Gasteiger partial charge in [-0.1, -0.05) is 12.1 Å². The largest absolute Gasteiger partial charge is 0.489 e. The highest BCUT2D eigenvalue weighted by Crippen LogP contribution is 2.28. The number of ether oxygens (including phenoxy) is 2. The molecule has 0 aliphatic carbocycles. The van der Waals surface area contributed by atoms with Gasteiger partial charge in [0.15, 0.2) is 0 Å². The highest BCUT2D eigenvalue weighted by molar-refractivity contribution is 5.65. The van der Waals surface area contributed by atoms with Crippen molar-refractivity contribution in [1.82, 2.24) is 19.5 Å². The standard InChI is InChI=1S/C26H24N6O2/c27-16-21-15-20(3-6-25(21)34-23-8-13-33-14-9-23)24-7-10-29-26(31-24)30-22-4-1-19(2-5-22)17-32-12-11-28-18-32/h1-7,10-12,15,18,23H,8-9,13-14,17H2,(H,29,30,31). The molecule has 2 aromatic carbocycles. The third-order valence-electron chi connectivity index (χ3n) is 5.65. The molecule has 1 saturated heterocycles. The summed E-state index contributed by atoms with van der Waals surface area (Å²) in [6.45, 7) is 2.14. The van der Waals surface area contributed by atoms with Crippen molar-refractivity contribution >= 4 is 11.6 Å². The first-order valence-corrected chi connectivity index (χ1v) is 11.2. The maximum atomic E-state index is 9.67. The van der Waals surface area contributed by atoms with Crippen molar-refractivity contribution in [2.75, 3.05) is 18.5 Å². The number of nitrogens with one attached hydrogen (secondary N) is 1. The van der Waals surface area contributed by atoms with Gasteiger partial charge in [0.25, 0.3) is 0 Å². The van der Waals surface area contributed by atoms with Gasteiger partial charge in [0.05, 0.1) is 30.8 Å². The Labute approximate surface area is 197 Å². The Morgan fingerprint density at radius 1 is 1.09 bits per heavy atom. The summed E-state index contributed by atoms with van der Waals surface area (Å²) >= 11 is 0. The first kappa shape index (κ1) is 21.6. The lowest BCUT2D eigenvalue weighted by molar-refractivity contribution is 0.0254. The van der Waals surface area contributed by atoms with E-state index >= 15 is 0 Å². The van der Waals surface area contributed by atoms with Gasteiger partial charge < -0.3 is 19.4 Å². The molecular formula is C26H24N6O2. The zero-order valence-electron chi connectivity index (χ0n) is 18.6. The van der Waals surface area contributed by atoms with Crippen LogP contribution >= 0.6 is 0 Å². The molecule has 1 fully saturated rings. The molecule has 0 amide bonds. The summed E-state index contributed by atoms with van der Waals surface area (Å²) in [5.41, 5.74) is 4.11. The fraction of sp³-hybridized carbons (Fsp3) is 0.231. The molecule has 1 N–H and O–H groups in total. The maximum Gasteiger partial charge on any atom is 0.227 e. The van der Waals surface area contributed by atoms with Crippen molar-refractivity contribution in [1.29, 1.82) is 5.26 Å². The molecule has 8 nitrogen and oxygen atoms in total. The van der Waals surface area contributed by atoms with Gasteiger partial charge >= 0.3 is 0 Å². The Kier molecular flexibility index (Phi) is 6.45. The quantitative estimate of drug-likeness (QED) is 0.439. The summed E-state index contributed by atoms with van der Waals surface area (Å²) in [4.78, 5) is 13.1. The van der Waals surface area contributed by atoms with E-state index in [1.54, 1.807) is 18.7 Å². The number of benzene rings is 2. The van der Waals surface area contributed by atoms with Gasteiger partial charge in [-0.25, -0.2) is 15.0 Å². The smallest absolute Gasteiger partial charge is 0.227 e. The van der Waals surface area contributed by atoms with Crippen molar-refractivity contribution < 1.29 is 9.47 Å². The van der Waals surface area contributed by atoms with Crippen LogP contribution in [0.4, 0.5) is 11.6 Å². The molecule has 0 saturated carbocycles. The lowest BCUT2D eigenvalue weighted by atomic mass is 10.1. The lowest BCUT2D eigenvalue weighted by Gasteiger charge is -2.23. The van der Waals surface area contributed by atoms with E-state index in [2.05, 4.69) is 38.5 Å². The molecular weight excluding hydrogens is 428 g/mol. The number of hydrogen-bond donors (Lipinski definition) is 1. The zero-order chi connectivity index (χ0) is 23.2. The molecule has 3 heterocycles. The van der Waals surface area contributed by atoms with Gasteiger partial charge in [0.1, 0.15) is 17.9 Å². The summed E-state index contributed by atoms with van der Waals surface area (Å²) in [6, 6.07) is 17.8. The van der Waals surface area contributed by atoms with E-state index in [9.17, 15) is 5.26 Å². The van der Waals surface area contributed by atoms with Crippen LogP contribution in [0.1, 0.15) is 24.0 Å². The SMILES string of the molecule is N#Cc1cc(-c2ccnc(Nc3ccc(Cn4ccnc4)cc3)n2)ccc1OC1CCOCC1. The van der Waals surface area contributed by atoms with Gasteiger partial charge in [0, 0.05) is 49.2 Å². The summed E-state index contributed by atoms with van der Waals surface area (Å²) in [5.74, 6) is 1.09. The second-order valence-electron chi connectivity index (χ2n) is 8.07. The summed E-state index contributed by atoms with van der Waals surface area (Å²) in [5, 5.41) is 12.9. The Morgan fingerprint density at radius 2 is 1.94 bits per heavy atom. The number of imidazole rings is 1. The summed E-state index contributed by atoms with van der Waals surface area (Å²) < 4.78 is 13.5. The number of nitrogens with zero attached hydrogens (tertiary/aromatic N) is 5. The lowest BCUT2D eigenvalue weighted by Crippen LogP contribution is -2.26. The number of aromatic nitrogens is 4. The number of anilines is 2. The minimum absolute atomic E-state index is 0.0767. The molecule has 5 rings (SSSR count). The molecule has 1 aliphatic heterocycles. The second kappa shape index (κ2) is 10.1. The van der Waals surface area contributed by atoms with Crippen LogP contribution in [0.15, 0.2) is 73.4 Å². The van der Waals surface area contributed by atoms with E-state index in [-0.39, 0.29) is 6.10 Å². The normalized spacial score (nSPS) is 13.9. The Bertz CT molecular complexity index is 1280. The minimum Gasteiger partial charge on any atom is -0.489 e. The van der Waals surface area contributed by atoms with Gasteiger partial charge in [0.2, 0.25) is 5.95 Å². The van der Waals surface area contributed by atoms with Gasteiger partial charge in [-0.3, -0.25) is 0 Å². The molecule has 0 radical (unpaired) electrons. The van der Waals surface area contributed by atoms with Crippen LogP contribution in [-0.2, 0) is 11.3 Å². The molecule has 4 aromatic rings. The fourth-order valence-electron chi connectivity index (χ4n) is 3.85. The van der Waals surface area contributed by atoms with E-state index in [1.165, 1.54) is 5.56 Å². The van der Waals surface area contributed by atoms with Crippen molar-refractivity contribution in [3.05, 3.63) is 84.6 Å². The zero-order valence-corrected chi connectivity index (χ0v) is 18.6. The monoisotopic (exact) mass is 452 g/mol. The van der Waals surface area contributed by atoms with Crippen LogP contribution < -0.4 is 10.1 Å². The van der Waals surface area contributed by atoms with Crippen LogP contribution in [0.2, 0.25) is 0 Å². The van der Waals surface area contributed by atoms with E-state index in [4.69, 9.17) is 9.47 Å². The molecule has 8 heteroatoms. The van der Waals surface area contributed by atoms with Crippen LogP contribution in [0.25, 0.3) is 11.3 Å². The molecule has 0 unspecified atom stereocenters. The van der Waals surface area contributed by atoms with Gasteiger partial charge in [-0.05, 0) is 42.0 Å². The fourth-order valence-corrected chi connectivity index (χ4v) is 3.85. The highest BCUT2D eigenvalue weighted by Gasteiger charge is 2.17. The molecule has 0 spiro atoms. The first-order chi connectivity index (χ1) is 16.8. The van der Waals surface area contributed by atoms with Gasteiger partial charge in [-0.15, -0.1) is 0 Å². The Balaban J connectivity index is 1.29. The van der Waals surface area contributed by atoms with Crippen LogP contribution in [0, 0.1) is 11.3 Å². The number of hydrogen-bond acceptors (Lipinski definition) is 7.